The van der Waals surface area contributed by atoms with Crippen LogP contribution in [0.15, 0.2) is 0 Å². The molecule has 0 nitrogen and oxygen atoms in total. The maximum atomic E-state index is 2.21. The van der Waals surface area contributed by atoms with E-state index >= 15 is 0 Å². The third kappa shape index (κ3) is 4.60. The van der Waals surface area contributed by atoms with Gasteiger partial charge in [-0.1, -0.05) is 0 Å². The first-order valence-electron chi connectivity index (χ1n) is 2.41. The zero-order valence-electron chi connectivity index (χ0n) is 4.12. The average molecular weight is 60.1 g/mol. The second-order valence-electron chi connectivity index (χ2n) is 1.35. The van der Waals surface area contributed by atoms with E-state index in [2.05, 4.69) is 24.6 Å². The molecule has 0 aliphatic rings. The van der Waals surface area contributed by atoms with Crippen molar-refractivity contribution < 1.29 is 0 Å². The van der Waals surface area contributed by atoms with Gasteiger partial charge in [0.15, 0.2) is 0 Å². The van der Waals surface area contributed by atoms with Crippen molar-refractivity contribution in [2.45, 2.75) is 24.9 Å². The molecule has 0 amide bonds. The third-order valence-corrected chi connectivity index (χ3v) is 0.707. The predicted octanol–water partition coefficient (Wildman–Crippen LogP) is 1.37. The van der Waals surface area contributed by atoms with Crippen LogP contribution in [0.2, 0.25) is 5.09 Å². The molecule has 0 aromatic heterocycles. The SMILES string of the molecule is [3Li][CH2]CCC. The zero-order valence-corrected chi connectivity index (χ0v) is 4.12. The van der Waals surface area contributed by atoms with Crippen molar-refractivity contribution >= 4 is 17.7 Å². The van der Waals surface area contributed by atoms with Crippen molar-refractivity contribution in [2.24, 2.45) is 0 Å². The van der Waals surface area contributed by atoms with E-state index in [9.17, 15) is 0 Å². The molecule has 0 fully saturated rings. The summed E-state index contributed by atoms with van der Waals surface area (Å²) in [5, 5.41) is 1.34. The topological polar surface area (TPSA) is 0 Å². The standard InChI is InChI=1S/C4H9.Li/c1-3-4-2;/h1,3-4H2,2H3;/i;1-4. The molecule has 0 spiro atoms. The minimum absolute atomic E-state index is 1.34. The summed E-state index contributed by atoms with van der Waals surface area (Å²) in [6.45, 7) is 2.21. The summed E-state index contributed by atoms with van der Waals surface area (Å²) in [7, 11) is 0. The molecule has 0 atom stereocenters. The molecule has 0 aromatic carbocycles. The van der Waals surface area contributed by atoms with Gasteiger partial charge in [0.2, 0.25) is 0 Å². The number of hydrogen-bond donors (Lipinski definition) is 0. The van der Waals surface area contributed by atoms with Crippen LogP contribution in [0.1, 0.15) is 19.8 Å². The van der Waals surface area contributed by atoms with Gasteiger partial charge >= 0.3 is 42.6 Å². The van der Waals surface area contributed by atoms with E-state index in [4.69, 9.17) is 0 Å². The molecule has 0 N–H and O–H groups in total. The first-order valence-corrected chi connectivity index (χ1v) is 2.41. The van der Waals surface area contributed by atoms with Crippen molar-refractivity contribution in [3.63, 3.8) is 0 Å². The summed E-state index contributed by atoms with van der Waals surface area (Å²) >= 11 is 2.21. The van der Waals surface area contributed by atoms with Gasteiger partial charge < -0.3 is 0 Å². The van der Waals surface area contributed by atoms with Crippen molar-refractivity contribution in [1.29, 1.82) is 0 Å². The van der Waals surface area contributed by atoms with Gasteiger partial charge in [0.25, 0.3) is 0 Å². The van der Waals surface area contributed by atoms with Gasteiger partial charge in [0.05, 0.1) is 0 Å². The maximum absolute atomic E-state index is 2.21. The van der Waals surface area contributed by atoms with E-state index in [0.717, 1.165) is 0 Å². The van der Waals surface area contributed by atoms with E-state index in [0.29, 0.717) is 0 Å². The summed E-state index contributed by atoms with van der Waals surface area (Å²) in [5.74, 6) is 0. The Morgan fingerprint density at radius 3 is 2.20 bits per heavy atom. The minimum atomic E-state index is 1.34. The van der Waals surface area contributed by atoms with Gasteiger partial charge in [-0.05, 0) is 0 Å². The molecule has 0 aromatic rings. The third-order valence-electron chi connectivity index (χ3n) is 0.707. The van der Waals surface area contributed by atoms with E-state index in [-0.39, 0.29) is 0 Å². The normalized spacial score (nSPS) is 8.60. The van der Waals surface area contributed by atoms with Crippen molar-refractivity contribution in [1.82, 2.24) is 0 Å². The van der Waals surface area contributed by atoms with E-state index in [1.807, 2.05) is 0 Å². The molecule has 0 aliphatic carbocycles. The molecule has 0 unspecified atom stereocenters. The van der Waals surface area contributed by atoms with Gasteiger partial charge in [-0.25, -0.2) is 0 Å². The van der Waals surface area contributed by atoms with Crippen LogP contribution in [0.4, 0.5) is 0 Å². The zero-order chi connectivity index (χ0) is 4.12. The molecule has 0 radical (unpaired) electrons. The quantitative estimate of drug-likeness (QED) is 0.422. The summed E-state index contributed by atoms with van der Waals surface area (Å²) in [6, 6.07) is 0. The van der Waals surface area contributed by atoms with E-state index in [1.165, 1.54) is 17.9 Å². The van der Waals surface area contributed by atoms with Gasteiger partial charge in [-0.3, -0.25) is 0 Å². The van der Waals surface area contributed by atoms with E-state index < -0.39 is 0 Å². The van der Waals surface area contributed by atoms with Crippen LogP contribution in [-0.2, 0) is 0 Å². The van der Waals surface area contributed by atoms with Gasteiger partial charge in [0, 0.05) is 0 Å². The molecule has 0 rings (SSSR count). The molecule has 0 saturated carbocycles. The van der Waals surface area contributed by atoms with Gasteiger partial charge in [-0.2, -0.15) is 0 Å². The molecular weight excluding hydrogens is 51.1 g/mol. The van der Waals surface area contributed by atoms with Crippen LogP contribution < -0.4 is 0 Å². The van der Waals surface area contributed by atoms with E-state index in [1.54, 1.807) is 0 Å². The molecule has 5 heavy (non-hydrogen) atoms. The summed E-state index contributed by atoms with van der Waals surface area (Å²) in [5.41, 5.74) is 0. The molecule has 0 saturated heterocycles. The van der Waals surface area contributed by atoms with Crippen molar-refractivity contribution in [3.8, 4) is 0 Å². The molecule has 0 bridgehead atoms. The Morgan fingerprint density at radius 1 is 1.60 bits per heavy atom. The summed E-state index contributed by atoms with van der Waals surface area (Å²) in [4.78, 5) is 0. The second-order valence-corrected chi connectivity index (χ2v) is 1.35. The monoisotopic (exact) mass is 60.1 g/mol. The van der Waals surface area contributed by atoms with Gasteiger partial charge in [0.1, 0.15) is 0 Å². The molecular formula is C4H9Li. The van der Waals surface area contributed by atoms with Crippen molar-refractivity contribution in [3.05, 3.63) is 0 Å². The van der Waals surface area contributed by atoms with Crippen LogP contribution >= 0.6 is 0 Å². The Hall–Kier alpha value is 0.597. The molecule has 0 heterocycles. The number of rotatable bonds is 2. The summed E-state index contributed by atoms with van der Waals surface area (Å²) < 4.78 is 0. The fourth-order valence-electron chi connectivity index (χ4n) is 0.354. The van der Waals surface area contributed by atoms with Crippen molar-refractivity contribution in [2.75, 3.05) is 0 Å². The van der Waals surface area contributed by atoms with Crippen LogP contribution in [0, 0.1) is 0 Å². The Bertz CT molecular complexity index is 11.1. The fraction of sp³-hybridized carbons (Fsp3) is 1.00. The predicted molar refractivity (Wildman–Crippen MR) is 25.5 cm³/mol. The summed E-state index contributed by atoms with van der Waals surface area (Å²) in [6.07, 6.45) is 2.73. The van der Waals surface area contributed by atoms with Crippen LogP contribution in [0.3, 0.4) is 0 Å². The molecule has 26 valence electrons. The Balaban J connectivity index is 2.19. The number of unbranched alkanes of at least 4 members (excludes halogenated alkanes) is 1. The Morgan fingerprint density at radius 2 is 2.20 bits per heavy atom. The van der Waals surface area contributed by atoms with Crippen LogP contribution in [0.5, 0.6) is 0 Å². The molecule has 0 aliphatic heterocycles. The van der Waals surface area contributed by atoms with Crippen LogP contribution in [0.25, 0.3) is 0 Å². The molecule has 1 heteroatoms. The first-order chi connectivity index (χ1) is 2.41. The number of hydrogen-bond acceptors (Lipinski definition) is 0. The Kier molecular flexibility index (Phi) is 5.15. The second kappa shape index (κ2) is 4.60. The van der Waals surface area contributed by atoms with Gasteiger partial charge in [-0.15, -0.1) is 0 Å². The average Bonchev–Trinajstić information content (AvgIpc) is 1.41. The fourth-order valence-corrected chi connectivity index (χ4v) is 0.354. The Labute approximate surface area is 43.2 Å². The van der Waals surface area contributed by atoms with Crippen LogP contribution in [-0.4, -0.2) is 17.7 Å². The first kappa shape index (κ1) is 5.60.